The maximum Gasteiger partial charge on any atom is 0.115 e. The average Bonchev–Trinajstić information content (AvgIpc) is 2.34. The lowest BCUT2D eigenvalue weighted by molar-refractivity contribution is 0.129. The van der Waals surface area contributed by atoms with Crippen molar-refractivity contribution in [1.29, 1.82) is 0 Å². The second-order valence-electron chi connectivity index (χ2n) is 5.25. The molecule has 18 heavy (non-hydrogen) atoms. The first-order valence-corrected chi connectivity index (χ1v) is 7.21. The van der Waals surface area contributed by atoms with Crippen molar-refractivity contribution < 1.29 is 5.11 Å². The number of hydrogen-bond donors (Lipinski definition) is 1. The van der Waals surface area contributed by atoms with Gasteiger partial charge in [-0.2, -0.15) is 0 Å². The minimum Gasteiger partial charge on any atom is -0.508 e. The van der Waals surface area contributed by atoms with E-state index in [9.17, 15) is 5.11 Å². The van der Waals surface area contributed by atoms with Gasteiger partial charge >= 0.3 is 0 Å². The molecule has 1 fully saturated rings. The molecule has 0 amide bonds. The molecular weight excluding hydrogens is 292 g/mol. The Morgan fingerprint density at radius 2 is 2.28 bits per heavy atom. The maximum atomic E-state index is 9.56. The van der Waals surface area contributed by atoms with E-state index in [1.807, 2.05) is 12.1 Å². The topological polar surface area (TPSA) is 26.7 Å². The van der Waals surface area contributed by atoms with Gasteiger partial charge in [0.15, 0.2) is 0 Å². The van der Waals surface area contributed by atoms with Crippen molar-refractivity contribution in [2.24, 2.45) is 0 Å². The second-order valence-corrected chi connectivity index (χ2v) is 6.10. The zero-order chi connectivity index (χ0) is 13.1. The Balaban J connectivity index is 2.01. The molecule has 1 heterocycles. The highest BCUT2D eigenvalue weighted by Crippen LogP contribution is 2.24. The summed E-state index contributed by atoms with van der Waals surface area (Å²) in [5.74, 6) is 0.336. The fraction of sp³-hybridized carbons (Fsp3) is 0.571. The average molecular weight is 313 g/mol. The van der Waals surface area contributed by atoms with Crippen molar-refractivity contribution in [2.45, 2.75) is 25.4 Å². The zero-order valence-electron chi connectivity index (χ0n) is 11.1. The van der Waals surface area contributed by atoms with Crippen LogP contribution >= 0.6 is 15.9 Å². The molecule has 0 radical (unpaired) electrons. The van der Waals surface area contributed by atoms with Crippen LogP contribution in [0.15, 0.2) is 22.7 Å². The summed E-state index contributed by atoms with van der Waals surface area (Å²) in [4.78, 5) is 4.78. The standard InChI is InChI=1S/C14H21BrN2O/c1-16-7-3-4-12(10-16)17(2)9-11-8-13(18)5-6-14(11)15/h5-6,8,12,18H,3-4,7,9-10H2,1-2H3. The fourth-order valence-corrected chi connectivity index (χ4v) is 2.95. The number of piperidine rings is 1. The van der Waals surface area contributed by atoms with E-state index >= 15 is 0 Å². The first-order valence-electron chi connectivity index (χ1n) is 6.42. The van der Waals surface area contributed by atoms with E-state index in [1.165, 1.54) is 19.4 Å². The van der Waals surface area contributed by atoms with Crippen LogP contribution in [0.1, 0.15) is 18.4 Å². The summed E-state index contributed by atoms with van der Waals surface area (Å²) in [6.07, 6.45) is 2.53. The summed E-state index contributed by atoms with van der Waals surface area (Å²) in [5, 5.41) is 9.56. The number of phenolic OH excluding ortho intramolecular Hbond substituents is 1. The highest BCUT2D eigenvalue weighted by Gasteiger charge is 2.21. The summed E-state index contributed by atoms with van der Waals surface area (Å²) in [7, 11) is 4.35. The minimum absolute atomic E-state index is 0.336. The molecule has 1 aliphatic heterocycles. The van der Waals surface area contributed by atoms with Gasteiger partial charge < -0.3 is 10.0 Å². The highest BCUT2D eigenvalue weighted by atomic mass is 79.9. The van der Waals surface area contributed by atoms with E-state index in [1.54, 1.807) is 6.07 Å². The number of halogens is 1. The number of aromatic hydroxyl groups is 1. The molecule has 1 saturated heterocycles. The summed E-state index contributed by atoms with van der Waals surface area (Å²) < 4.78 is 1.07. The van der Waals surface area contributed by atoms with Gasteiger partial charge in [-0.1, -0.05) is 15.9 Å². The van der Waals surface area contributed by atoms with Crippen molar-refractivity contribution >= 4 is 15.9 Å². The van der Waals surface area contributed by atoms with E-state index in [0.717, 1.165) is 23.1 Å². The molecule has 1 N–H and O–H groups in total. The summed E-state index contributed by atoms with van der Waals surface area (Å²) >= 11 is 3.55. The van der Waals surface area contributed by atoms with Crippen LogP contribution in [0.2, 0.25) is 0 Å². The Morgan fingerprint density at radius 1 is 1.50 bits per heavy atom. The van der Waals surface area contributed by atoms with Gasteiger partial charge in [-0.15, -0.1) is 0 Å². The second kappa shape index (κ2) is 6.04. The maximum absolute atomic E-state index is 9.56. The van der Waals surface area contributed by atoms with Gasteiger partial charge in [0.1, 0.15) is 5.75 Å². The molecule has 3 nitrogen and oxygen atoms in total. The van der Waals surface area contributed by atoms with Gasteiger partial charge in [0, 0.05) is 23.6 Å². The van der Waals surface area contributed by atoms with E-state index in [-0.39, 0.29) is 0 Å². The third-order valence-electron chi connectivity index (χ3n) is 3.67. The number of likely N-dealkylation sites (N-methyl/N-ethyl adjacent to an activating group) is 2. The van der Waals surface area contributed by atoms with Crippen molar-refractivity contribution in [3.8, 4) is 5.75 Å². The van der Waals surface area contributed by atoms with Gasteiger partial charge in [-0.05, 0) is 57.2 Å². The number of likely N-dealkylation sites (tertiary alicyclic amines) is 1. The normalized spacial score (nSPS) is 21.4. The molecule has 1 unspecified atom stereocenters. The molecule has 0 spiro atoms. The van der Waals surface area contributed by atoms with E-state index in [2.05, 4.69) is 39.8 Å². The Morgan fingerprint density at radius 3 is 3.00 bits per heavy atom. The lowest BCUT2D eigenvalue weighted by Gasteiger charge is -2.36. The van der Waals surface area contributed by atoms with E-state index in [0.29, 0.717) is 11.8 Å². The fourth-order valence-electron chi connectivity index (χ4n) is 2.58. The third kappa shape index (κ3) is 3.46. The van der Waals surface area contributed by atoms with Crippen molar-refractivity contribution in [1.82, 2.24) is 9.80 Å². The van der Waals surface area contributed by atoms with Crippen LogP contribution in [-0.2, 0) is 6.54 Å². The van der Waals surface area contributed by atoms with Crippen LogP contribution in [0.3, 0.4) is 0 Å². The lowest BCUT2D eigenvalue weighted by atomic mass is 10.0. The largest absolute Gasteiger partial charge is 0.508 e. The van der Waals surface area contributed by atoms with Crippen molar-refractivity contribution in [2.75, 3.05) is 27.2 Å². The van der Waals surface area contributed by atoms with Gasteiger partial charge in [0.2, 0.25) is 0 Å². The monoisotopic (exact) mass is 312 g/mol. The predicted molar refractivity (Wildman–Crippen MR) is 77.8 cm³/mol. The van der Waals surface area contributed by atoms with Crippen LogP contribution < -0.4 is 0 Å². The van der Waals surface area contributed by atoms with Crippen LogP contribution in [0.5, 0.6) is 5.75 Å². The molecule has 1 aliphatic rings. The van der Waals surface area contributed by atoms with Crippen molar-refractivity contribution in [3.63, 3.8) is 0 Å². The first-order chi connectivity index (χ1) is 8.56. The van der Waals surface area contributed by atoms with Gasteiger partial charge in [-0.3, -0.25) is 4.90 Å². The lowest BCUT2D eigenvalue weighted by Crippen LogP contribution is -2.44. The quantitative estimate of drug-likeness (QED) is 0.929. The Hall–Kier alpha value is -0.580. The Kier molecular flexibility index (Phi) is 4.65. The van der Waals surface area contributed by atoms with E-state index in [4.69, 9.17) is 0 Å². The molecule has 0 aliphatic carbocycles. The molecule has 1 aromatic rings. The van der Waals surface area contributed by atoms with E-state index < -0.39 is 0 Å². The number of rotatable bonds is 3. The van der Waals surface area contributed by atoms with Gasteiger partial charge in [0.25, 0.3) is 0 Å². The predicted octanol–water partition coefficient (Wildman–Crippen LogP) is 2.68. The van der Waals surface area contributed by atoms with Gasteiger partial charge in [-0.25, -0.2) is 0 Å². The number of benzene rings is 1. The number of phenols is 1. The summed E-state index contributed by atoms with van der Waals surface area (Å²) in [6.45, 7) is 3.21. The Bertz CT molecular complexity index is 411. The summed E-state index contributed by atoms with van der Waals surface area (Å²) in [6, 6.07) is 6.07. The van der Waals surface area contributed by atoms with Crippen LogP contribution in [0.25, 0.3) is 0 Å². The molecule has 4 heteroatoms. The SMILES string of the molecule is CN1CCCC(N(C)Cc2cc(O)ccc2Br)C1. The zero-order valence-corrected chi connectivity index (χ0v) is 12.7. The number of hydrogen-bond acceptors (Lipinski definition) is 3. The molecule has 1 aromatic carbocycles. The van der Waals surface area contributed by atoms with Gasteiger partial charge in [0.05, 0.1) is 0 Å². The smallest absolute Gasteiger partial charge is 0.115 e. The Labute approximate surface area is 118 Å². The van der Waals surface area contributed by atoms with Crippen molar-refractivity contribution in [3.05, 3.63) is 28.2 Å². The highest BCUT2D eigenvalue weighted by molar-refractivity contribution is 9.10. The summed E-state index contributed by atoms with van der Waals surface area (Å²) in [5.41, 5.74) is 1.14. The van der Waals surface area contributed by atoms with Crippen LogP contribution in [0.4, 0.5) is 0 Å². The van der Waals surface area contributed by atoms with Crippen LogP contribution in [0, 0.1) is 0 Å². The molecule has 2 rings (SSSR count). The first kappa shape index (κ1) is 13.8. The molecule has 100 valence electrons. The minimum atomic E-state index is 0.336. The molecule has 1 atom stereocenters. The molecule has 0 aromatic heterocycles. The molecule has 0 bridgehead atoms. The third-order valence-corrected chi connectivity index (χ3v) is 4.45. The number of nitrogens with zero attached hydrogens (tertiary/aromatic N) is 2. The molecule has 0 saturated carbocycles. The van der Waals surface area contributed by atoms with Crippen LogP contribution in [-0.4, -0.2) is 48.1 Å². The molecular formula is C14H21BrN2O.